The predicted molar refractivity (Wildman–Crippen MR) is 155 cm³/mol. The number of nitrogens with one attached hydrogen (secondary N) is 2. The van der Waals surface area contributed by atoms with Gasteiger partial charge in [-0.1, -0.05) is 29.3 Å². The topological polar surface area (TPSA) is 88.5 Å². The number of thiocarbonyl (C=S) groups is 1. The van der Waals surface area contributed by atoms with Gasteiger partial charge in [0.1, 0.15) is 11.8 Å². The normalized spacial score (nSPS) is 17.4. The molecule has 1 fully saturated rings. The van der Waals surface area contributed by atoms with Crippen molar-refractivity contribution in [1.82, 2.24) is 14.9 Å². The van der Waals surface area contributed by atoms with Gasteiger partial charge < -0.3 is 19.5 Å². The Morgan fingerprint density at radius 2 is 1.89 bits per heavy atom. The van der Waals surface area contributed by atoms with Crippen molar-refractivity contribution in [3.63, 3.8) is 0 Å². The number of sulfonamides is 1. The first kappa shape index (κ1) is 26.3. The maximum atomic E-state index is 12.1. The van der Waals surface area contributed by atoms with Crippen LogP contribution in [0.4, 0.5) is 11.4 Å². The Bertz CT molecular complexity index is 1610. The fourth-order valence-electron chi connectivity index (χ4n) is 4.59. The van der Waals surface area contributed by atoms with Gasteiger partial charge in [0.2, 0.25) is 10.0 Å². The molecule has 12 heteroatoms. The number of hydrogen-bond donors (Lipinski definition) is 2. The molecule has 2 atom stereocenters. The summed E-state index contributed by atoms with van der Waals surface area (Å²) in [6.45, 7) is 0. The van der Waals surface area contributed by atoms with Gasteiger partial charge >= 0.3 is 0 Å². The van der Waals surface area contributed by atoms with Crippen LogP contribution < -0.4 is 19.7 Å². The molecule has 5 rings (SSSR count). The van der Waals surface area contributed by atoms with Gasteiger partial charge in [-0.15, -0.1) is 0 Å². The molecular formula is C26H23Cl2N5O3S2. The van der Waals surface area contributed by atoms with Crippen LogP contribution in [-0.4, -0.2) is 36.4 Å². The lowest BCUT2D eigenvalue weighted by Gasteiger charge is -2.29. The monoisotopic (exact) mass is 587 g/mol. The highest BCUT2D eigenvalue weighted by atomic mass is 35.5. The molecule has 38 heavy (non-hydrogen) atoms. The smallest absolute Gasteiger partial charge is 0.229 e. The molecule has 4 aromatic rings. The first-order valence-electron chi connectivity index (χ1n) is 11.5. The maximum Gasteiger partial charge on any atom is 0.229 e. The third kappa shape index (κ3) is 5.17. The molecule has 0 amide bonds. The number of rotatable bonds is 7. The van der Waals surface area contributed by atoms with Crippen molar-refractivity contribution < 1.29 is 13.2 Å². The standard InChI is InChI=1S/C26H23Cl2N5O3S2/c1-36-23-11-9-17(15-20(23)31-38(2,34)35)33-25(24(30-26(33)37)19-6-3-4-12-29-19)22-7-5-13-32(22)21-10-8-16(27)14-18(21)28/h3-15,24-25,31H,1-2H3,(H,30,37). The van der Waals surface area contributed by atoms with Crippen LogP contribution in [0, 0.1) is 0 Å². The second-order valence-corrected chi connectivity index (χ2v) is 11.6. The van der Waals surface area contributed by atoms with Crippen LogP contribution in [0.3, 0.4) is 0 Å². The van der Waals surface area contributed by atoms with E-state index in [1.165, 1.54) is 7.11 Å². The lowest BCUT2D eigenvalue weighted by atomic mass is 10.0. The fourth-order valence-corrected chi connectivity index (χ4v) is 5.99. The molecule has 3 heterocycles. The van der Waals surface area contributed by atoms with E-state index < -0.39 is 10.0 Å². The molecule has 2 aromatic carbocycles. The molecule has 196 valence electrons. The Kier molecular flexibility index (Phi) is 7.23. The largest absolute Gasteiger partial charge is 0.495 e. The molecule has 0 bridgehead atoms. The van der Waals surface area contributed by atoms with Gasteiger partial charge in [0.25, 0.3) is 0 Å². The zero-order valence-corrected chi connectivity index (χ0v) is 23.4. The lowest BCUT2D eigenvalue weighted by molar-refractivity contribution is 0.417. The summed E-state index contributed by atoms with van der Waals surface area (Å²) in [5, 5.41) is 4.90. The Morgan fingerprint density at radius 1 is 1.08 bits per heavy atom. The number of ether oxygens (including phenoxy) is 1. The van der Waals surface area contributed by atoms with Gasteiger partial charge in [-0.2, -0.15) is 0 Å². The van der Waals surface area contributed by atoms with Crippen molar-refractivity contribution in [2.75, 3.05) is 23.0 Å². The van der Waals surface area contributed by atoms with E-state index in [1.54, 1.807) is 30.5 Å². The number of nitrogens with zero attached hydrogens (tertiary/aromatic N) is 3. The average molecular weight is 589 g/mol. The van der Waals surface area contributed by atoms with Gasteiger partial charge in [-0.3, -0.25) is 9.71 Å². The summed E-state index contributed by atoms with van der Waals surface area (Å²) in [4.78, 5) is 6.54. The summed E-state index contributed by atoms with van der Waals surface area (Å²) in [6.07, 6.45) is 4.74. The Morgan fingerprint density at radius 3 is 2.58 bits per heavy atom. The molecule has 1 saturated heterocycles. The summed E-state index contributed by atoms with van der Waals surface area (Å²) in [6, 6.07) is 19.5. The Hall–Kier alpha value is -3.31. The minimum absolute atomic E-state index is 0.298. The van der Waals surface area contributed by atoms with Crippen LogP contribution in [0.25, 0.3) is 5.69 Å². The van der Waals surface area contributed by atoms with Gasteiger partial charge in [-0.05, 0) is 72.9 Å². The molecule has 1 aliphatic rings. The summed E-state index contributed by atoms with van der Waals surface area (Å²) in [5.74, 6) is 0.381. The predicted octanol–water partition coefficient (Wildman–Crippen LogP) is 5.74. The third-order valence-corrected chi connectivity index (χ3v) is 7.55. The molecular weight excluding hydrogens is 565 g/mol. The average Bonchev–Trinajstić information content (AvgIpc) is 3.47. The molecule has 1 aliphatic heterocycles. The second kappa shape index (κ2) is 10.5. The molecule has 2 unspecified atom stereocenters. The van der Waals surface area contributed by atoms with Gasteiger partial charge in [0.05, 0.1) is 41.5 Å². The molecule has 2 N–H and O–H groups in total. The zero-order chi connectivity index (χ0) is 27.0. The third-order valence-electron chi connectivity index (χ3n) is 6.11. The van der Waals surface area contributed by atoms with Crippen LogP contribution in [0.2, 0.25) is 10.0 Å². The summed E-state index contributed by atoms with van der Waals surface area (Å²) in [7, 11) is -2.08. The number of benzene rings is 2. The van der Waals surface area contributed by atoms with Gasteiger partial charge in [0.15, 0.2) is 5.11 Å². The van der Waals surface area contributed by atoms with Crippen LogP contribution in [0.15, 0.2) is 79.1 Å². The van der Waals surface area contributed by atoms with E-state index in [4.69, 9.17) is 40.2 Å². The van der Waals surface area contributed by atoms with Crippen molar-refractivity contribution in [1.29, 1.82) is 0 Å². The van der Waals surface area contributed by atoms with E-state index in [9.17, 15) is 8.42 Å². The molecule has 0 aliphatic carbocycles. The molecule has 2 aromatic heterocycles. The van der Waals surface area contributed by atoms with E-state index >= 15 is 0 Å². The van der Waals surface area contributed by atoms with Crippen molar-refractivity contribution in [2.45, 2.75) is 12.1 Å². The maximum absolute atomic E-state index is 12.1. The van der Waals surface area contributed by atoms with Crippen LogP contribution in [-0.2, 0) is 10.0 Å². The highest BCUT2D eigenvalue weighted by Gasteiger charge is 2.42. The minimum Gasteiger partial charge on any atom is -0.495 e. The number of hydrogen-bond acceptors (Lipinski definition) is 5. The SMILES string of the molecule is COc1ccc(N2C(=S)NC(c3ccccn3)C2c2cccn2-c2ccc(Cl)cc2Cl)cc1NS(C)(=O)=O. The summed E-state index contributed by atoms with van der Waals surface area (Å²) >= 11 is 18.6. The first-order valence-corrected chi connectivity index (χ1v) is 14.5. The van der Waals surface area contributed by atoms with Crippen molar-refractivity contribution in [2.24, 2.45) is 0 Å². The quantitative estimate of drug-likeness (QED) is 0.267. The Balaban J connectivity index is 1.68. The van der Waals surface area contributed by atoms with Gasteiger partial charge in [-0.25, -0.2) is 8.42 Å². The van der Waals surface area contributed by atoms with Crippen LogP contribution >= 0.6 is 35.4 Å². The number of pyridine rings is 1. The highest BCUT2D eigenvalue weighted by molar-refractivity contribution is 7.92. The van der Waals surface area contributed by atoms with Crippen LogP contribution in [0.1, 0.15) is 23.5 Å². The number of methoxy groups -OCH3 is 1. The van der Waals surface area contributed by atoms with Gasteiger partial charge in [0, 0.05) is 28.8 Å². The number of aromatic nitrogens is 2. The van der Waals surface area contributed by atoms with Crippen molar-refractivity contribution in [3.05, 3.63) is 101 Å². The summed E-state index contributed by atoms with van der Waals surface area (Å²) in [5.41, 5.74) is 3.38. The van der Waals surface area contributed by atoms with E-state index in [0.717, 1.165) is 23.3 Å². The minimum atomic E-state index is -3.56. The molecule has 8 nitrogen and oxygen atoms in total. The molecule has 0 saturated carbocycles. The van der Waals surface area contributed by atoms with E-state index in [1.807, 2.05) is 58.1 Å². The van der Waals surface area contributed by atoms with E-state index in [0.29, 0.717) is 32.3 Å². The van der Waals surface area contributed by atoms with Crippen LogP contribution in [0.5, 0.6) is 5.75 Å². The molecule has 0 spiro atoms. The summed E-state index contributed by atoms with van der Waals surface area (Å²) < 4.78 is 34.0. The highest BCUT2D eigenvalue weighted by Crippen LogP contribution is 2.44. The van der Waals surface area contributed by atoms with E-state index in [2.05, 4.69) is 15.0 Å². The van der Waals surface area contributed by atoms with E-state index in [-0.39, 0.29) is 12.1 Å². The second-order valence-electron chi connectivity index (χ2n) is 8.65. The number of anilines is 2. The van der Waals surface area contributed by atoms with Crippen molar-refractivity contribution in [3.8, 4) is 11.4 Å². The fraction of sp³-hybridized carbons (Fsp3) is 0.154. The zero-order valence-electron chi connectivity index (χ0n) is 20.3. The number of halogens is 2. The first-order chi connectivity index (χ1) is 18.2. The molecule has 0 radical (unpaired) electrons. The Labute approximate surface area is 236 Å². The lowest BCUT2D eigenvalue weighted by Crippen LogP contribution is -2.30. The van der Waals surface area contributed by atoms with Crippen molar-refractivity contribution >= 4 is 61.9 Å².